The molecule has 1 N–H and O–H groups in total. The van der Waals surface area contributed by atoms with Gasteiger partial charge in [0, 0.05) is 23.2 Å². The van der Waals surface area contributed by atoms with E-state index in [-0.39, 0.29) is 0 Å². The zero-order chi connectivity index (χ0) is 15.4. The number of aromatic nitrogens is 1. The van der Waals surface area contributed by atoms with Crippen LogP contribution in [0, 0.1) is 0 Å². The van der Waals surface area contributed by atoms with E-state index in [9.17, 15) is 5.11 Å². The van der Waals surface area contributed by atoms with Crippen molar-refractivity contribution in [2.75, 3.05) is 19.6 Å². The van der Waals surface area contributed by atoms with E-state index in [0.717, 1.165) is 48.2 Å². The molecule has 3 heteroatoms. The second kappa shape index (κ2) is 7.21. The third-order valence-electron chi connectivity index (χ3n) is 4.66. The molecule has 0 bridgehead atoms. The lowest BCUT2D eigenvalue weighted by Gasteiger charge is -2.24. The van der Waals surface area contributed by atoms with Crippen molar-refractivity contribution in [3.8, 4) is 0 Å². The smallest absolute Gasteiger partial charge is 0.0937 e. The molecule has 1 saturated heterocycles. The van der Waals surface area contributed by atoms with Crippen molar-refractivity contribution >= 4 is 10.9 Å². The molecular formula is C19H26N2O. The number of β-amino-alcohol motifs (C(OH)–C–C–N with tert-alkyl or cyclic N) is 1. The third kappa shape index (κ3) is 3.47. The summed E-state index contributed by atoms with van der Waals surface area (Å²) in [6.07, 6.45) is 5.61. The fourth-order valence-electron chi connectivity index (χ4n) is 3.34. The summed E-state index contributed by atoms with van der Waals surface area (Å²) in [6.45, 7) is 5.05. The van der Waals surface area contributed by atoms with Gasteiger partial charge in [0.05, 0.1) is 11.6 Å². The van der Waals surface area contributed by atoms with Gasteiger partial charge in [-0.2, -0.15) is 0 Å². The Morgan fingerprint density at radius 2 is 1.86 bits per heavy atom. The van der Waals surface area contributed by atoms with Crippen LogP contribution in [0.2, 0.25) is 0 Å². The van der Waals surface area contributed by atoms with Crippen LogP contribution in [0.25, 0.3) is 10.9 Å². The van der Waals surface area contributed by atoms with Gasteiger partial charge < -0.3 is 10.0 Å². The molecule has 0 aliphatic carbocycles. The monoisotopic (exact) mass is 298 g/mol. The van der Waals surface area contributed by atoms with Crippen LogP contribution < -0.4 is 0 Å². The highest BCUT2D eigenvalue weighted by atomic mass is 16.3. The second-order valence-electron chi connectivity index (χ2n) is 6.31. The Kier molecular flexibility index (Phi) is 5.06. The van der Waals surface area contributed by atoms with Gasteiger partial charge in [0.2, 0.25) is 0 Å². The van der Waals surface area contributed by atoms with Crippen LogP contribution in [-0.2, 0) is 6.42 Å². The molecule has 1 aliphatic rings. The molecule has 1 aliphatic heterocycles. The molecule has 3 rings (SSSR count). The summed E-state index contributed by atoms with van der Waals surface area (Å²) < 4.78 is 0. The van der Waals surface area contributed by atoms with E-state index >= 15 is 0 Å². The topological polar surface area (TPSA) is 36.4 Å². The average molecular weight is 298 g/mol. The van der Waals surface area contributed by atoms with Gasteiger partial charge in [0.15, 0.2) is 0 Å². The Hall–Kier alpha value is -1.45. The van der Waals surface area contributed by atoms with Crippen LogP contribution in [0.4, 0.5) is 0 Å². The van der Waals surface area contributed by atoms with Gasteiger partial charge in [-0.3, -0.25) is 4.98 Å². The van der Waals surface area contributed by atoms with Crippen LogP contribution in [0.5, 0.6) is 0 Å². The molecule has 118 valence electrons. The first kappa shape index (κ1) is 15.4. The minimum absolute atomic E-state index is 0.457. The summed E-state index contributed by atoms with van der Waals surface area (Å²) in [5.41, 5.74) is 3.02. The summed E-state index contributed by atoms with van der Waals surface area (Å²) >= 11 is 0. The highest BCUT2D eigenvalue weighted by Crippen LogP contribution is 2.25. The number of nitrogens with zero attached hydrogens (tertiary/aromatic N) is 2. The van der Waals surface area contributed by atoms with E-state index < -0.39 is 6.10 Å². The molecule has 0 saturated carbocycles. The lowest BCUT2D eigenvalue weighted by molar-refractivity contribution is 0.116. The van der Waals surface area contributed by atoms with Crippen molar-refractivity contribution in [1.29, 1.82) is 0 Å². The summed E-state index contributed by atoms with van der Waals surface area (Å²) in [6, 6.07) is 10.3. The van der Waals surface area contributed by atoms with Gasteiger partial charge in [0.1, 0.15) is 0 Å². The van der Waals surface area contributed by atoms with Crippen LogP contribution >= 0.6 is 0 Å². The minimum Gasteiger partial charge on any atom is -0.387 e. The highest BCUT2D eigenvalue weighted by Gasteiger charge is 2.17. The summed E-state index contributed by atoms with van der Waals surface area (Å²) in [5, 5.41) is 11.9. The van der Waals surface area contributed by atoms with E-state index in [1.54, 1.807) is 0 Å². The first-order chi connectivity index (χ1) is 10.8. The van der Waals surface area contributed by atoms with Crippen molar-refractivity contribution in [1.82, 2.24) is 9.88 Å². The third-order valence-corrected chi connectivity index (χ3v) is 4.66. The maximum Gasteiger partial charge on any atom is 0.0937 e. The van der Waals surface area contributed by atoms with Crippen LogP contribution in [0.1, 0.15) is 50.0 Å². The second-order valence-corrected chi connectivity index (χ2v) is 6.31. The van der Waals surface area contributed by atoms with Crippen molar-refractivity contribution in [2.24, 2.45) is 0 Å². The fourth-order valence-corrected chi connectivity index (χ4v) is 3.34. The van der Waals surface area contributed by atoms with Crippen molar-refractivity contribution < 1.29 is 5.11 Å². The number of rotatable bonds is 4. The lowest BCUT2D eigenvalue weighted by atomic mass is 10.0. The standard InChI is InChI=1S/C19H26N2O/c1-2-16-11-10-15-8-7-9-17(19(15)20-16)18(22)14-21-12-5-3-4-6-13-21/h7-11,18,22H,2-6,12-14H2,1H3. The Labute approximate surface area is 133 Å². The van der Waals surface area contributed by atoms with Crippen LogP contribution in [-0.4, -0.2) is 34.6 Å². The largest absolute Gasteiger partial charge is 0.387 e. The van der Waals surface area contributed by atoms with E-state index in [0.29, 0.717) is 0 Å². The van der Waals surface area contributed by atoms with Gasteiger partial charge in [-0.25, -0.2) is 0 Å². The van der Waals surface area contributed by atoms with E-state index in [2.05, 4.69) is 30.0 Å². The molecule has 0 radical (unpaired) electrons. The first-order valence-electron chi connectivity index (χ1n) is 8.57. The molecule has 1 aromatic heterocycles. The van der Waals surface area contributed by atoms with E-state index in [4.69, 9.17) is 4.98 Å². The fraction of sp³-hybridized carbons (Fsp3) is 0.526. The molecule has 1 aromatic carbocycles. The van der Waals surface area contributed by atoms with Crippen molar-refractivity contribution in [2.45, 2.75) is 45.1 Å². The number of aryl methyl sites for hydroxylation is 1. The molecule has 0 amide bonds. The Balaban J connectivity index is 1.84. The van der Waals surface area contributed by atoms with Gasteiger partial charge in [-0.05, 0) is 38.4 Å². The Bertz CT molecular complexity index is 618. The molecule has 2 aromatic rings. The number of hydrogen-bond acceptors (Lipinski definition) is 3. The van der Waals surface area contributed by atoms with Crippen LogP contribution in [0.15, 0.2) is 30.3 Å². The predicted octanol–water partition coefficient (Wildman–Crippen LogP) is 3.71. The molecule has 0 spiro atoms. The van der Waals surface area contributed by atoms with Crippen molar-refractivity contribution in [3.05, 3.63) is 41.6 Å². The average Bonchev–Trinajstić information content (AvgIpc) is 2.82. The number of fused-ring (bicyclic) bond motifs is 1. The number of likely N-dealkylation sites (tertiary alicyclic amines) is 1. The number of para-hydroxylation sites is 1. The molecule has 1 unspecified atom stereocenters. The molecule has 22 heavy (non-hydrogen) atoms. The number of aliphatic hydroxyl groups excluding tert-OH is 1. The van der Waals surface area contributed by atoms with Gasteiger partial charge in [-0.1, -0.05) is 44.0 Å². The SMILES string of the molecule is CCc1ccc2cccc(C(O)CN3CCCCCC3)c2n1. The van der Waals surface area contributed by atoms with E-state index in [1.165, 1.54) is 25.7 Å². The Morgan fingerprint density at radius 1 is 1.09 bits per heavy atom. The predicted molar refractivity (Wildman–Crippen MR) is 91.0 cm³/mol. The number of hydrogen-bond donors (Lipinski definition) is 1. The summed E-state index contributed by atoms with van der Waals surface area (Å²) in [7, 11) is 0. The van der Waals surface area contributed by atoms with E-state index in [1.807, 2.05) is 12.1 Å². The maximum atomic E-state index is 10.7. The number of aliphatic hydroxyl groups is 1. The molecule has 2 heterocycles. The highest BCUT2D eigenvalue weighted by molar-refractivity contribution is 5.82. The molecule has 1 atom stereocenters. The normalized spacial score (nSPS) is 18.3. The van der Waals surface area contributed by atoms with Gasteiger partial charge in [-0.15, -0.1) is 0 Å². The van der Waals surface area contributed by atoms with Gasteiger partial charge in [0.25, 0.3) is 0 Å². The summed E-state index contributed by atoms with van der Waals surface area (Å²) in [4.78, 5) is 7.15. The van der Waals surface area contributed by atoms with Crippen LogP contribution in [0.3, 0.4) is 0 Å². The number of benzene rings is 1. The Morgan fingerprint density at radius 3 is 2.59 bits per heavy atom. The lowest BCUT2D eigenvalue weighted by Crippen LogP contribution is -2.29. The maximum absolute atomic E-state index is 10.7. The summed E-state index contributed by atoms with van der Waals surface area (Å²) in [5.74, 6) is 0. The quantitative estimate of drug-likeness (QED) is 0.935. The van der Waals surface area contributed by atoms with Gasteiger partial charge >= 0.3 is 0 Å². The number of pyridine rings is 1. The zero-order valence-corrected chi connectivity index (χ0v) is 13.5. The zero-order valence-electron chi connectivity index (χ0n) is 13.5. The molecule has 1 fully saturated rings. The molecular weight excluding hydrogens is 272 g/mol. The first-order valence-corrected chi connectivity index (χ1v) is 8.57. The van der Waals surface area contributed by atoms with Crippen molar-refractivity contribution in [3.63, 3.8) is 0 Å². The minimum atomic E-state index is -0.457. The molecule has 3 nitrogen and oxygen atoms in total.